The molecule has 0 aliphatic carbocycles. The number of anilines is 1. The lowest BCUT2D eigenvalue weighted by Crippen LogP contribution is -2.48. The Labute approximate surface area is 209 Å². The van der Waals surface area contributed by atoms with Gasteiger partial charge in [-0.1, -0.05) is 63.8 Å². The van der Waals surface area contributed by atoms with Gasteiger partial charge in [-0.2, -0.15) is 0 Å². The number of amides is 1. The van der Waals surface area contributed by atoms with Gasteiger partial charge in [-0.3, -0.25) is 14.5 Å². The molecule has 2 N–H and O–H groups in total. The van der Waals surface area contributed by atoms with E-state index in [9.17, 15) is 9.59 Å². The maximum absolute atomic E-state index is 13.1. The van der Waals surface area contributed by atoms with Crippen molar-refractivity contribution in [2.75, 3.05) is 31.9 Å². The minimum atomic E-state index is -0.157. The fraction of sp³-hybridized carbons (Fsp3) is 0.310. The topological polar surface area (TPSA) is 79.5 Å². The molecular formula is C29H36N4O2. The van der Waals surface area contributed by atoms with Gasteiger partial charge in [0.1, 0.15) is 5.82 Å². The number of Topliss-reactive ketones (excluding diaryl/α,β-unsaturated/α-hetero) is 1. The summed E-state index contributed by atoms with van der Waals surface area (Å²) in [5, 5.41) is 0. The van der Waals surface area contributed by atoms with Gasteiger partial charge < -0.3 is 10.6 Å². The molecule has 6 nitrogen and oxygen atoms in total. The van der Waals surface area contributed by atoms with Crippen LogP contribution >= 0.6 is 0 Å². The summed E-state index contributed by atoms with van der Waals surface area (Å²) in [6.07, 6.45) is 7.50. The van der Waals surface area contributed by atoms with Crippen molar-refractivity contribution >= 4 is 17.5 Å². The molecule has 184 valence electrons. The average Bonchev–Trinajstić information content (AvgIpc) is 2.89. The number of ketones is 1. The van der Waals surface area contributed by atoms with Gasteiger partial charge in [-0.05, 0) is 36.3 Å². The first kappa shape index (κ1) is 27.5. The summed E-state index contributed by atoms with van der Waals surface area (Å²) in [5.41, 5.74) is 11.3. The third kappa shape index (κ3) is 8.53. The highest BCUT2D eigenvalue weighted by Crippen LogP contribution is 2.13. The molecule has 1 aliphatic rings. The molecule has 1 fully saturated rings. The highest BCUT2D eigenvalue weighted by molar-refractivity contribution is 6.10. The SMILES string of the molecule is C=C(C=C=C/C(=C\CC)C(=O)N1CCN(Cc2ccnc(N)c2)CC1)C(=O)c1ccccc1.CC. The first-order valence-electron chi connectivity index (χ1n) is 12.1. The Bertz CT molecular complexity index is 1090. The lowest BCUT2D eigenvalue weighted by molar-refractivity contribution is -0.128. The average molecular weight is 473 g/mol. The van der Waals surface area contributed by atoms with E-state index in [0.29, 0.717) is 35.6 Å². The van der Waals surface area contributed by atoms with Crippen LogP contribution in [0.25, 0.3) is 0 Å². The van der Waals surface area contributed by atoms with Crippen LogP contribution in [-0.2, 0) is 11.3 Å². The second kappa shape index (κ2) is 14.5. The molecule has 35 heavy (non-hydrogen) atoms. The molecule has 0 bridgehead atoms. The molecule has 1 aromatic heterocycles. The largest absolute Gasteiger partial charge is 0.384 e. The quantitative estimate of drug-likeness (QED) is 0.258. The number of carbonyl (C=O) groups excluding carboxylic acids is 2. The molecule has 0 atom stereocenters. The Morgan fingerprint density at radius 1 is 1.09 bits per heavy atom. The van der Waals surface area contributed by atoms with Crippen LogP contribution in [0.2, 0.25) is 0 Å². The van der Waals surface area contributed by atoms with E-state index in [4.69, 9.17) is 5.73 Å². The van der Waals surface area contributed by atoms with Crippen molar-refractivity contribution < 1.29 is 9.59 Å². The monoisotopic (exact) mass is 472 g/mol. The van der Waals surface area contributed by atoms with Crippen LogP contribution in [0.5, 0.6) is 0 Å². The van der Waals surface area contributed by atoms with Crippen molar-refractivity contribution in [2.45, 2.75) is 33.7 Å². The Hall–Kier alpha value is -3.73. The standard InChI is InChI=1S/C27H30N4O2.C2H6/c1-3-8-24(12-7-9-21(2)26(32)23-10-5-4-6-11-23)27(33)31-17-15-30(16-18-31)20-22-13-14-29-25(28)19-22;1-2/h4-6,8-14,19H,2-3,15-18,20H2,1H3,(H2,28,29);1-2H3/b24-8+;. The number of aromatic nitrogens is 1. The molecule has 3 rings (SSSR count). The van der Waals surface area contributed by atoms with Crippen molar-refractivity contribution in [1.29, 1.82) is 0 Å². The second-order valence-corrected chi connectivity index (χ2v) is 7.90. The number of piperazine rings is 1. The van der Waals surface area contributed by atoms with Crippen LogP contribution in [0.15, 0.2) is 90.3 Å². The van der Waals surface area contributed by atoms with Gasteiger partial charge in [-0.25, -0.2) is 4.98 Å². The van der Waals surface area contributed by atoms with Crippen molar-refractivity contribution in [2.24, 2.45) is 0 Å². The summed E-state index contributed by atoms with van der Waals surface area (Å²) in [7, 11) is 0. The summed E-state index contributed by atoms with van der Waals surface area (Å²) < 4.78 is 0. The minimum Gasteiger partial charge on any atom is -0.384 e. The van der Waals surface area contributed by atoms with Crippen molar-refractivity contribution in [3.05, 3.63) is 101 Å². The van der Waals surface area contributed by atoms with Gasteiger partial charge in [0.05, 0.1) is 0 Å². The van der Waals surface area contributed by atoms with E-state index in [2.05, 4.69) is 22.2 Å². The lowest BCUT2D eigenvalue weighted by atomic mass is 10.0. The number of allylic oxidation sites excluding steroid dienone is 2. The summed E-state index contributed by atoms with van der Waals surface area (Å²) in [4.78, 5) is 33.7. The number of nitrogen functional groups attached to an aromatic ring is 1. The molecule has 2 heterocycles. The number of rotatable bonds is 8. The zero-order valence-corrected chi connectivity index (χ0v) is 21.0. The minimum absolute atomic E-state index is 0.0226. The summed E-state index contributed by atoms with van der Waals surface area (Å²) in [6, 6.07) is 12.8. The van der Waals surface area contributed by atoms with Crippen LogP contribution in [-0.4, -0.2) is 52.7 Å². The Balaban J connectivity index is 0.00000210. The Morgan fingerprint density at radius 3 is 2.40 bits per heavy atom. The second-order valence-electron chi connectivity index (χ2n) is 7.90. The maximum Gasteiger partial charge on any atom is 0.254 e. The predicted molar refractivity (Wildman–Crippen MR) is 143 cm³/mol. The zero-order valence-electron chi connectivity index (χ0n) is 21.0. The van der Waals surface area contributed by atoms with Crippen molar-refractivity contribution in [3.8, 4) is 0 Å². The van der Waals surface area contributed by atoms with Gasteiger partial charge in [0.2, 0.25) is 0 Å². The van der Waals surface area contributed by atoms with E-state index in [-0.39, 0.29) is 11.7 Å². The molecule has 0 unspecified atom stereocenters. The zero-order chi connectivity index (χ0) is 25.6. The maximum atomic E-state index is 13.1. The molecule has 0 radical (unpaired) electrons. The van der Waals surface area contributed by atoms with Gasteiger partial charge in [0.25, 0.3) is 5.91 Å². The summed E-state index contributed by atoms with van der Waals surface area (Å²) >= 11 is 0. The number of nitrogens with two attached hydrogens (primary N) is 1. The van der Waals surface area contributed by atoms with E-state index in [0.717, 1.165) is 31.6 Å². The number of nitrogens with zero attached hydrogens (tertiary/aromatic N) is 3. The van der Waals surface area contributed by atoms with E-state index in [1.165, 1.54) is 6.08 Å². The van der Waals surface area contributed by atoms with E-state index in [1.54, 1.807) is 24.4 Å². The summed E-state index contributed by atoms with van der Waals surface area (Å²) in [6.45, 7) is 13.5. The number of carbonyl (C=O) groups is 2. The predicted octanol–water partition coefficient (Wildman–Crippen LogP) is 4.82. The van der Waals surface area contributed by atoms with E-state index >= 15 is 0 Å². The molecule has 1 saturated heterocycles. The van der Waals surface area contributed by atoms with Crippen LogP contribution in [0, 0.1) is 0 Å². The van der Waals surface area contributed by atoms with Gasteiger partial charge in [0, 0.05) is 55.6 Å². The van der Waals surface area contributed by atoms with Crippen LogP contribution < -0.4 is 5.73 Å². The highest BCUT2D eigenvalue weighted by atomic mass is 16.2. The molecule has 1 aliphatic heterocycles. The molecule has 2 aromatic rings. The molecule has 1 aromatic carbocycles. The van der Waals surface area contributed by atoms with Gasteiger partial charge in [0.15, 0.2) is 5.78 Å². The molecule has 0 spiro atoms. The fourth-order valence-electron chi connectivity index (χ4n) is 3.64. The molecule has 6 heteroatoms. The molecule has 0 saturated carbocycles. The molecular weight excluding hydrogens is 436 g/mol. The van der Waals surface area contributed by atoms with Crippen LogP contribution in [0.3, 0.4) is 0 Å². The third-order valence-electron chi connectivity index (χ3n) is 5.41. The smallest absolute Gasteiger partial charge is 0.254 e. The first-order chi connectivity index (χ1) is 17.0. The van der Waals surface area contributed by atoms with Crippen molar-refractivity contribution in [1.82, 2.24) is 14.8 Å². The van der Waals surface area contributed by atoms with Crippen LogP contribution in [0.1, 0.15) is 43.1 Å². The molecule has 1 amide bonds. The van der Waals surface area contributed by atoms with Crippen LogP contribution in [0.4, 0.5) is 5.82 Å². The highest BCUT2D eigenvalue weighted by Gasteiger charge is 2.22. The number of hydrogen-bond donors (Lipinski definition) is 1. The number of pyridine rings is 1. The van der Waals surface area contributed by atoms with Crippen molar-refractivity contribution in [3.63, 3.8) is 0 Å². The first-order valence-corrected chi connectivity index (χ1v) is 12.1. The summed E-state index contributed by atoms with van der Waals surface area (Å²) in [5.74, 6) is 0.338. The van der Waals surface area contributed by atoms with Gasteiger partial charge >= 0.3 is 0 Å². The van der Waals surface area contributed by atoms with E-state index in [1.807, 2.05) is 62.1 Å². The van der Waals surface area contributed by atoms with E-state index < -0.39 is 0 Å². The number of benzene rings is 1. The van der Waals surface area contributed by atoms with Gasteiger partial charge in [-0.15, -0.1) is 5.73 Å². The Kier molecular flexibility index (Phi) is 11.4. The third-order valence-corrected chi connectivity index (χ3v) is 5.41. The Morgan fingerprint density at radius 2 is 1.77 bits per heavy atom. The fourth-order valence-corrected chi connectivity index (χ4v) is 3.64. The number of hydrogen-bond acceptors (Lipinski definition) is 5. The normalized spacial score (nSPS) is 13.7. The lowest BCUT2D eigenvalue weighted by Gasteiger charge is -2.35.